The normalized spacial score (nSPS) is 12.3. The minimum absolute atomic E-state index is 0.0705. The summed E-state index contributed by atoms with van der Waals surface area (Å²) < 4.78 is 0. The zero-order valence-electron chi connectivity index (χ0n) is 39.8. The molecule has 12 rings (SSSR count). The number of hydrogen-bond acceptors (Lipinski definition) is 0. The van der Waals surface area contributed by atoms with Crippen LogP contribution < -0.4 is 0 Å². The molecule has 0 radical (unpaired) electrons. The Morgan fingerprint density at radius 1 is 0.191 bits per heavy atom. The predicted molar refractivity (Wildman–Crippen MR) is 296 cm³/mol. The lowest BCUT2D eigenvalue weighted by Gasteiger charge is -2.21. The lowest BCUT2D eigenvalue weighted by molar-refractivity contribution is 0.590. The van der Waals surface area contributed by atoms with Crippen molar-refractivity contribution < 1.29 is 0 Å². The minimum atomic E-state index is 0.0705. The molecule has 0 saturated carbocycles. The summed E-state index contributed by atoms with van der Waals surface area (Å²) in [5.74, 6) is 0. The summed E-state index contributed by atoms with van der Waals surface area (Å²) in [6.45, 7) is 13.7. The maximum atomic E-state index is 2.47. The molecular weight excluding hydrogens is 817 g/mol. The van der Waals surface area contributed by atoms with E-state index in [1.807, 2.05) is 0 Å². The standard InChI is InChI=1S/C68H54/c1-67(2,3)49-31-25-45(26-32-49)58-41-66-62-38-48(29-35-55(62)59(40-64(66)54-24-16-14-22-52(54)58)46-27-33-50(34-28-46)68(4,5)6)47-30-36-56-61(37-47)60(44-19-11-8-12-20-44)42-63-53-23-15-13-21-51(53)57(39-65(56)63)43-17-9-7-10-18-43/h7-42H,1-6H3. The fourth-order valence-electron chi connectivity index (χ4n) is 10.8. The van der Waals surface area contributed by atoms with E-state index in [-0.39, 0.29) is 10.8 Å². The predicted octanol–water partition coefficient (Wildman–Crippen LogP) is 19.5. The van der Waals surface area contributed by atoms with Crippen LogP contribution in [0.4, 0.5) is 0 Å². The van der Waals surface area contributed by atoms with Gasteiger partial charge in [0.1, 0.15) is 0 Å². The van der Waals surface area contributed by atoms with Gasteiger partial charge in [-0.3, -0.25) is 0 Å². The maximum absolute atomic E-state index is 2.47. The minimum Gasteiger partial charge on any atom is -0.0622 e. The zero-order valence-corrected chi connectivity index (χ0v) is 39.8. The van der Waals surface area contributed by atoms with Crippen molar-refractivity contribution in [3.05, 3.63) is 230 Å². The summed E-state index contributed by atoms with van der Waals surface area (Å²) in [6.07, 6.45) is 0. The molecule has 0 aliphatic carbocycles. The third-order valence-corrected chi connectivity index (χ3v) is 14.6. The number of fused-ring (bicyclic) bond motifs is 10. The van der Waals surface area contributed by atoms with Crippen LogP contribution in [-0.2, 0) is 10.8 Å². The summed E-state index contributed by atoms with van der Waals surface area (Å²) >= 11 is 0. The SMILES string of the molecule is CC(C)(C)c1ccc(-c2cc3c4cc(-c5ccc6c(c5)c(-c5ccccc5)cc5c7ccccc7c(-c7ccccc7)cc65)ccc4c(-c4ccc(C(C)(C)C)cc4)cc3c3ccccc23)cc1. The van der Waals surface area contributed by atoms with Gasteiger partial charge in [-0.05, 0) is 179 Å². The van der Waals surface area contributed by atoms with Gasteiger partial charge in [-0.1, -0.05) is 224 Å². The van der Waals surface area contributed by atoms with Crippen LogP contribution in [-0.4, -0.2) is 0 Å². The van der Waals surface area contributed by atoms with E-state index in [0.29, 0.717) is 0 Å². The lowest BCUT2D eigenvalue weighted by Crippen LogP contribution is -2.10. The molecule has 0 bridgehead atoms. The highest BCUT2D eigenvalue weighted by molar-refractivity contribution is 6.26. The first-order chi connectivity index (χ1) is 33.0. The van der Waals surface area contributed by atoms with Crippen molar-refractivity contribution in [2.24, 2.45) is 0 Å². The van der Waals surface area contributed by atoms with E-state index in [9.17, 15) is 0 Å². The fraction of sp³-hybridized carbons (Fsp3) is 0.118. The second-order valence-electron chi connectivity index (χ2n) is 20.9. The number of rotatable bonds is 5. The van der Waals surface area contributed by atoms with E-state index in [0.717, 1.165) is 0 Å². The van der Waals surface area contributed by atoms with Crippen molar-refractivity contribution in [1.29, 1.82) is 0 Å². The van der Waals surface area contributed by atoms with Crippen molar-refractivity contribution in [2.75, 3.05) is 0 Å². The molecule has 326 valence electrons. The van der Waals surface area contributed by atoms with E-state index in [2.05, 4.69) is 260 Å². The van der Waals surface area contributed by atoms with Crippen molar-refractivity contribution in [2.45, 2.75) is 52.4 Å². The highest BCUT2D eigenvalue weighted by Gasteiger charge is 2.20. The van der Waals surface area contributed by atoms with E-state index in [1.54, 1.807) is 0 Å². The molecule has 68 heavy (non-hydrogen) atoms. The highest BCUT2D eigenvalue weighted by atomic mass is 14.2. The Morgan fingerprint density at radius 2 is 0.456 bits per heavy atom. The molecule has 0 N–H and O–H groups in total. The molecule has 0 fully saturated rings. The molecule has 0 aromatic heterocycles. The summed E-state index contributed by atoms with van der Waals surface area (Å²) in [5, 5.41) is 15.2. The molecule has 0 nitrogen and oxygen atoms in total. The molecule has 0 unspecified atom stereocenters. The van der Waals surface area contributed by atoms with E-state index >= 15 is 0 Å². The smallest absolute Gasteiger partial charge is 0.00921 e. The van der Waals surface area contributed by atoms with Crippen LogP contribution in [0.3, 0.4) is 0 Å². The largest absolute Gasteiger partial charge is 0.0622 e. The molecule has 0 heteroatoms. The van der Waals surface area contributed by atoms with Gasteiger partial charge in [0, 0.05) is 0 Å². The summed E-state index contributed by atoms with van der Waals surface area (Å²) in [6, 6.07) is 82.4. The van der Waals surface area contributed by atoms with E-state index < -0.39 is 0 Å². The molecule has 12 aromatic carbocycles. The lowest BCUT2D eigenvalue weighted by atomic mass is 9.83. The summed E-state index contributed by atoms with van der Waals surface area (Å²) in [7, 11) is 0. The van der Waals surface area contributed by atoms with Gasteiger partial charge in [0.2, 0.25) is 0 Å². The topological polar surface area (TPSA) is 0 Å². The summed E-state index contributed by atoms with van der Waals surface area (Å²) in [5.41, 5.74) is 15.2. The molecule has 12 aromatic rings. The van der Waals surface area contributed by atoms with Crippen molar-refractivity contribution in [3.63, 3.8) is 0 Å². The average molecular weight is 871 g/mol. The van der Waals surface area contributed by atoms with Crippen LogP contribution in [0.2, 0.25) is 0 Å². The Bertz CT molecular complexity index is 3920. The van der Waals surface area contributed by atoms with Gasteiger partial charge in [0.25, 0.3) is 0 Å². The first-order valence-electron chi connectivity index (χ1n) is 24.2. The van der Waals surface area contributed by atoms with Gasteiger partial charge in [-0.2, -0.15) is 0 Å². The number of benzene rings is 12. The first-order valence-corrected chi connectivity index (χ1v) is 24.2. The van der Waals surface area contributed by atoms with Crippen LogP contribution in [0, 0.1) is 0 Å². The molecule has 0 saturated heterocycles. The van der Waals surface area contributed by atoms with Crippen LogP contribution in [0.1, 0.15) is 52.7 Å². The third kappa shape index (κ3) is 7.06. The van der Waals surface area contributed by atoms with Gasteiger partial charge in [0.15, 0.2) is 0 Å². The molecule has 0 heterocycles. The molecule has 0 spiro atoms. The van der Waals surface area contributed by atoms with Crippen LogP contribution in [0.5, 0.6) is 0 Å². The molecule has 0 amide bonds. The summed E-state index contributed by atoms with van der Waals surface area (Å²) in [4.78, 5) is 0. The second-order valence-corrected chi connectivity index (χ2v) is 20.9. The van der Waals surface area contributed by atoms with Gasteiger partial charge in [0.05, 0.1) is 0 Å². The molecule has 0 aliphatic rings. The van der Waals surface area contributed by atoms with Crippen molar-refractivity contribution >= 4 is 64.6 Å². The second kappa shape index (κ2) is 15.9. The van der Waals surface area contributed by atoms with Gasteiger partial charge in [-0.15, -0.1) is 0 Å². The van der Waals surface area contributed by atoms with Crippen LogP contribution >= 0.6 is 0 Å². The fourth-order valence-corrected chi connectivity index (χ4v) is 10.8. The van der Waals surface area contributed by atoms with Gasteiger partial charge in [-0.25, -0.2) is 0 Å². The van der Waals surface area contributed by atoms with E-state index in [1.165, 1.54) is 131 Å². The Morgan fingerprint density at radius 3 is 0.868 bits per heavy atom. The van der Waals surface area contributed by atoms with Gasteiger partial charge < -0.3 is 0 Å². The van der Waals surface area contributed by atoms with Crippen LogP contribution in [0.15, 0.2) is 218 Å². The Balaban J connectivity index is 1.13. The van der Waals surface area contributed by atoms with Crippen molar-refractivity contribution in [3.8, 4) is 55.6 Å². The first kappa shape index (κ1) is 41.6. The Hall–Kier alpha value is -7.80. The zero-order chi connectivity index (χ0) is 46.3. The Labute approximate surface area is 400 Å². The third-order valence-electron chi connectivity index (χ3n) is 14.6. The van der Waals surface area contributed by atoms with Crippen LogP contribution in [0.25, 0.3) is 120 Å². The average Bonchev–Trinajstić information content (AvgIpc) is 3.37. The Kier molecular flexibility index (Phi) is 9.75. The number of hydrogen-bond donors (Lipinski definition) is 0. The van der Waals surface area contributed by atoms with Gasteiger partial charge >= 0.3 is 0 Å². The highest BCUT2D eigenvalue weighted by Crippen LogP contribution is 2.46. The monoisotopic (exact) mass is 870 g/mol. The molecule has 0 aliphatic heterocycles. The quantitative estimate of drug-likeness (QED) is 0.151. The van der Waals surface area contributed by atoms with E-state index in [4.69, 9.17) is 0 Å². The molecule has 0 atom stereocenters. The maximum Gasteiger partial charge on any atom is -0.00921 e. The van der Waals surface area contributed by atoms with Crippen molar-refractivity contribution in [1.82, 2.24) is 0 Å². The molecular formula is C68H54.